The van der Waals surface area contributed by atoms with Gasteiger partial charge in [-0.2, -0.15) is 0 Å². The summed E-state index contributed by atoms with van der Waals surface area (Å²) in [6.45, 7) is 2.36. The van der Waals surface area contributed by atoms with Crippen LogP contribution in [0.3, 0.4) is 0 Å². The standard InChI is InChI=1S/C16H20N2O2/c1-12-7-8-16(20)15(18-12)10-17-14(11-19)9-13-5-3-2-4-6-13/h2-8,14,17,19-20H,9-11H2,1H3. The molecule has 0 spiro atoms. The van der Waals surface area contributed by atoms with Gasteiger partial charge in [-0.25, -0.2) is 0 Å². The molecule has 4 heteroatoms. The van der Waals surface area contributed by atoms with Gasteiger partial charge in [-0.05, 0) is 31.0 Å². The predicted molar refractivity (Wildman–Crippen MR) is 78.5 cm³/mol. The lowest BCUT2D eigenvalue weighted by molar-refractivity contribution is 0.240. The summed E-state index contributed by atoms with van der Waals surface area (Å²) in [6, 6.07) is 13.4. The summed E-state index contributed by atoms with van der Waals surface area (Å²) in [7, 11) is 0. The van der Waals surface area contributed by atoms with Crippen LogP contribution in [-0.4, -0.2) is 27.8 Å². The Morgan fingerprint density at radius 2 is 1.90 bits per heavy atom. The number of hydrogen-bond donors (Lipinski definition) is 3. The smallest absolute Gasteiger partial charge is 0.138 e. The number of aliphatic hydroxyl groups is 1. The van der Waals surface area contributed by atoms with Crippen molar-refractivity contribution in [3.05, 3.63) is 59.4 Å². The molecule has 0 radical (unpaired) electrons. The van der Waals surface area contributed by atoms with Crippen LogP contribution < -0.4 is 5.32 Å². The SMILES string of the molecule is Cc1ccc(O)c(CNC(CO)Cc2ccccc2)n1. The summed E-state index contributed by atoms with van der Waals surface area (Å²) in [5, 5.41) is 22.4. The van der Waals surface area contributed by atoms with Crippen LogP contribution >= 0.6 is 0 Å². The Bertz CT molecular complexity index is 543. The van der Waals surface area contributed by atoms with Crippen LogP contribution in [0.15, 0.2) is 42.5 Å². The predicted octanol–water partition coefficient (Wildman–Crippen LogP) is 1.79. The van der Waals surface area contributed by atoms with E-state index in [4.69, 9.17) is 0 Å². The Morgan fingerprint density at radius 3 is 2.60 bits per heavy atom. The van der Waals surface area contributed by atoms with E-state index in [1.807, 2.05) is 37.3 Å². The van der Waals surface area contributed by atoms with Crippen molar-refractivity contribution in [2.45, 2.75) is 25.9 Å². The largest absolute Gasteiger partial charge is 0.506 e. The molecule has 4 nitrogen and oxygen atoms in total. The van der Waals surface area contributed by atoms with E-state index in [0.717, 1.165) is 12.1 Å². The van der Waals surface area contributed by atoms with Crippen molar-refractivity contribution < 1.29 is 10.2 Å². The highest BCUT2D eigenvalue weighted by atomic mass is 16.3. The van der Waals surface area contributed by atoms with E-state index in [2.05, 4.69) is 10.3 Å². The van der Waals surface area contributed by atoms with Crippen molar-refractivity contribution in [3.63, 3.8) is 0 Å². The molecule has 3 N–H and O–H groups in total. The fourth-order valence-corrected chi connectivity index (χ4v) is 2.07. The number of aliphatic hydroxyl groups excluding tert-OH is 1. The van der Waals surface area contributed by atoms with Crippen LogP contribution in [0.2, 0.25) is 0 Å². The number of benzene rings is 1. The van der Waals surface area contributed by atoms with E-state index in [-0.39, 0.29) is 18.4 Å². The number of aromatic hydroxyl groups is 1. The molecule has 2 rings (SSSR count). The second kappa shape index (κ2) is 7.03. The summed E-state index contributed by atoms with van der Waals surface area (Å²) in [5.74, 6) is 0.180. The van der Waals surface area contributed by atoms with Crippen molar-refractivity contribution in [3.8, 4) is 5.75 Å². The molecular weight excluding hydrogens is 252 g/mol. The molecule has 20 heavy (non-hydrogen) atoms. The van der Waals surface area contributed by atoms with Crippen molar-refractivity contribution in [1.82, 2.24) is 10.3 Å². The van der Waals surface area contributed by atoms with Crippen molar-refractivity contribution in [1.29, 1.82) is 0 Å². The Kier molecular flexibility index (Phi) is 5.09. The molecule has 0 bridgehead atoms. The second-order valence-corrected chi connectivity index (χ2v) is 4.87. The lowest BCUT2D eigenvalue weighted by atomic mass is 10.1. The van der Waals surface area contributed by atoms with Crippen LogP contribution in [0.25, 0.3) is 0 Å². The van der Waals surface area contributed by atoms with Crippen LogP contribution in [0, 0.1) is 6.92 Å². The molecule has 0 aliphatic rings. The average Bonchev–Trinajstić information content (AvgIpc) is 2.47. The molecule has 2 aromatic rings. The van der Waals surface area contributed by atoms with Gasteiger partial charge in [0.1, 0.15) is 5.75 Å². The third kappa shape index (κ3) is 4.05. The van der Waals surface area contributed by atoms with Crippen molar-refractivity contribution in [2.75, 3.05) is 6.61 Å². The van der Waals surface area contributed by atoms with Gasteiger partial charge in [-0.3, -0.25) is 4.98 Å². The molecule has 1 aromatic carbocycles. The summed E-state index contributed by atoms with van der Waals surface area (Å²) >= 11 is 0. The summed E-state index contributed by atoms with van der Waals surface area (Å²) in [5.41, 5.74) is 2.64. The highest BCUT2D eigenvalue weighted by Crippen LogP contribution is 2.14. The molecular formula is C16H20N2O2. The maximum absolute atomic E-state index is 9.75. The Labute approximate surface area is 119 Å². The van der Waals surface area contributed by atoms with Crippen molar-refractivity contribution >= 4 is 0 Å². The van der Waals surface area contributed by atoms with Crippen LogP contribution in [0.5, 0.6) is 5.75 Å². The molecule has 106 valence electrons. The van der Waals surface area contributed by atoms with Crippen LogP contribution in [0.1, 0.15) is 17.0 Å². The van der Waals surface area contributed by atoms with Gasteiger partial charge >= 0.3 is 0 Å². The molecule has 1 unspecified atom stereocenters. The molecule has 0 saturated heterocycles. The van der Waals surface area contributed by atoms with Gasteiger partial charge in [0.25, 0.3) is 0 Å². The number of nitrogens with one attached hydrogen (secondary N) is 1. The number of aromatic nitrogens is 1. The monoisotopic (exact) mass is 272 g/mol. The fourth-order valence-electron chi connectivity index (χ4n) is 2.07. The third-order valence-electron chi connectivity index (χ3n) is 3.19. The van der Waals surface area contributed by atoms with Crippen LogP contribution in [-0.2, 0) is 13.0 Å². The minimum Gasteiger partial charge on any atom is -0.506 e. The van der Waals surface area contributed by atoms with E-state index in [1.165, 1.54) is 5.56 Å². The lowest BCUT2D eigenvalue weighted by Gasteiger charge is -2.16. The molecule has 0 fully saturated rings. The van der Waals surface area contributed by atoms with E-state index in [0.29, 0.717) is 12.2 Å². The minimum absolute atomic E-state index is 0.0431. The van der Waals surface area contributed by atoms with E-state index < -0.39 is 0 Å². The molecule has 1 atom stereocenters. The Morgan fingerprint density at radius 1 is 1.15 bits per heavy atom. The topological polar surface area (TPSA) is 65.4 Å². The number of pyridine rings is 1. The third-order valence-corrected chi connectivity index (χ3v) is 3.19. The molecule has 0 saturated carbocycles. The highest BCUT2D eigenvalue weighted by molar-refractivity contribution is 5.27. The molecule has 1 aromatic heterocycles. The first-order chi connectivity index (χ1) is 9.69. The van der Waals surface area contributed by atoms with E-state index >= 15 is 0 Å². The van der Waals surface area contributed by atoms with E-state index in [9.17, 15) is 10.2 Å². The van der Waals surface area contributed by atoms with Gasteiger partial charge in [-0.1, -0.05) is 30.3 Å². The summed E-state index contributed by atoms with van der Waals surface area (Å²) in [4.78, 5) is 4.29. The quantitative estimate of drug-likeness (QED) is 0.750. The van der Waals surface area contributed by atoms with Gasteiger partial charge in [0.15, 0.2) is 0 Å². The molecule has 0 aliphatic heterocycles. The zero-order chi connectivity index (χ0) is 14.4. The molecule has 1 heterocycles. The normalized spacial score (nSPS) is 12.3. The number of hydrogen-bond acceptors (Lipinski definition) is 4. The molecule has 0 aliphatic carbocycles. The fraction of sp³-hybridized carbons (Fsp3) is 0.312. The van der Waals surface area contributed by atoms with Gasteiger partial charge in [-0.15, -0.1) is 0 Å². The van der Waals surface area contributed by atoms with E-state index in [1.54, 1.807) is 12.1 Å². The zero-order valence-electron chi connectivity index (χ0n) is 11.6. The first-order valence-corrected chi connectivity index (χ1v) is 6.72. The average molecular weight is 272 g/mol. The van der Waals surface area contributed by atoms with Crippen LogP contribution in [0.4, 0.5) is 0 Å². The van der Waals surface area contributed by atoms with Gasteiger partial charge in [0, 0.05) is 18.3 Å². The summed E-state index contributed by atoms with van der Waals surface area (Å²) in [6.07, 6.45) is 0.740. The summed E-state index contributed by atoms with van der Waals surface area (Å²) < 4.78 is 0. The second-order valence-electron chi connectivity index (χ2n) is 4.87. The van der Waals surface area contributed by atoms with Gasteiger partial charge < -0.3 is 15.5 Å². The van der Waals surface area contributed by atoms with Gasteiger partial charge in [0.2, 0.25) is 0 Å². The van der Waals surface area contributed by atoms with Gasteiger partial charge in [0.05, 0.1) is 12.3 Å². The minimum atomic E-state index is -0.0564. The molecule has 0 amide bonds. The number of nitrogens with zero attached hydrogens (tertiary/aromatic N) is 1. The first kappa shape index (κ1) is 14.5. The number of rotatable bonds is 6. The maximum atomic E-state index is 9.75. The zero-order valence-corrected chi connectivity index (χ0v) is 11.6. The Balaban J connectivity index is 1.95. The first-order valence-electron chi connectivity index (χ1n) is 6.72. The number of aryl methyl sites for hydroxylation is 1. The lowest BCUT2D eigenvalue weighted by Crippen LogP contribution is -2.34. The Hall–Kier alpha value is -1.91. The highest BCUT2D eigenvalue weighted by Gasteiger charge is 2.10. The van der Waals surface area contributed by atoms with Crippen molar-refractivity contribution in [2.24, 2.45) is 0 Å². The maximum Gasteiger partial charge on any atom is 0.138 e.